The molecule has 1 aromatic heterocycles. The number of hydrogen-bond donors (Lipinski definition) is 0. The van der Waals surface area contributed by atoms with Gasteiger partial charge in [0.05, 0.1) is 22.1 Å². The molecule has 0 saturated carbocycles. The third-order valence-electron chi connectivity index (χ3n) is 4.99. The van der Waals surface area contributed by atoms with Crippen LogP contribution < -0.4 is 4.90 Å². The number of aryl methyl sites for hydroxylation is 1. The molecule has 0 spiro atoms. The Morgan fingerprint density at radius 1 is 1.12 bits per heavy atom. The van der Waals surface area contributed by atoms with Gasteiger partial charge in [0.1, 0.15) is 0 Å². The number of halogens is 1. The standard InChI is InChI=1S/C21H20ClN3O/c1-13-12-17-6-4-5-7-19(17)24(13)21(26)16-8-10-18(11-9-16)25-15(3)20(22)14(2)23-25/h4-11,13H,12H2,1-3H3/t13-/m0/s1. The summed E-state index contributed by atoms with van der Waals surface area (Å²) in [7, 11) is 0. The summed E-state index contributed by atoms with van der Waals surface area (Å²) in [6, 6.07) is 15.8. The topological polar surface area (TPSA) is 38.1 Å². The van der Waals surface area contributed by atoms with Crippen molar-refractivity contribution in [2.24, 2.45) is 0 Å². The molecule has 5 heteroatoms. The Kier molecular flexibility index (Phi) is 4.08. The van der Waals surface area contributed by atoms with Crippen molar-refractivity contribution in [3.63, 3.8) is 0 Å². The molecular weight excluding hydrogens is 346 g/mol. The second-order valence-corrected chi connectivity index (χ2v) is 7.18. The predicted molar refractivity (Wildman–Crippen MR) is 104 cm³/mol. The van der Waals surface area contributed by atoms with Crippen LogP contribution in [-0.2, 0) is 6.42 Å². The summed E-state index contributed by atoms with van der Waals surface area (Å²) in [5, 5.41) is 5.14. The first kappa shape index (κ1) is 16.9. The molecule has 1 atom stereocenters. The maximum absolute atomic E-state index is 13.1. The third-order valence-corrected chi connectivity index (χ3v) is 5.53. The summed E-state index contributed by atoms with van der Waals surface area (Å²) in [5.41, 5.74) is 5.49. The van der Waals surface area contributed by atoms with Crippen molar-refractivity contribution in [1.82, 2.24) is 9.78 Å². The number of hydrogen-bond acceptors (Lipinski definition) is 2. The van der Waals surface area contributed by atoms with Crippen LogP contribution in [0.4, 0.5) is 5.69 Å². The molecule has 0 bridgehead atoms. The summed E-state index contributed by atoms with van der Waals surface area (Å²) < 4.78 is 1.81. The molecule has 2 aromatic carbocycles. The first-order chi connectivity index (χ1) is 12.5. The van der Waals surface area contributed by atoms with Crippen molar-refractivity contribution in [2.45, 2.75) is 33.2 Å². The maximum Gasteiger partial charge on any atom is 0.258 e. The van der Waals surface area contributed by atoms with E-state index in [0.29, 0.717) is 10.6 Å². The molecule has 0 unspecified atom stereocenters. The van der Waals surface area contributed by atoms with E-state index >= 15 is 0 Å². The lowest BCUT2D eigenvalue weighted by atomic mass is 10.1. The summed E-state index contributed by atoms with van der Waals surface area (Å²) >= 11 is 6.24. The third kappa shape index (κ3) is 2.61. The fraction of sp³-hybridized carbons (Fsp3) is 0.238. The number of anilines is 1. The normalized spacial score (nSPS) is 16.0. The number of rotatable bonds is 2. The van der Waals surface area contributed by atoms with E-state index in [2.05, 4.69) is 18.1 Å². The Morgan fingerprint density at radius 2 is 1.81 bits per heavy atom. The highest BCUT2D eigenvalue weighted by Crippen LogP contribution is 2.33. The van der Waals surface area contributed by atoms with Crippen LogP contribution >= 0.6 is 11.6 Å². The minimum Gasteiger partial charge on any atom is -0.305 e. The SMILES string of the molecule is Cc1nn(-c2ccc(C(=O)N3c4ccccc4C[C@@H]3C)cc2)c(C)c1Cl. The molecule has 1 aliphatic rings. The molecule has 2 heterocycles. The van der Waals surface area contributed by atoms with Gasteiger partial charge in [-0.2, -0.15) is 5.10 Å². The van der Waals surface area contributed by atoms with E-state index in [1.165, 1.54) is 5.56 Å². The van der Waals surface area contributed by atoms with Crippen LogP contribution in [0.25, 0.3) is 5.69 Å². The Labute approximate surface area is 158 Å². The van der Waals surface area contributed by atoms with Crippen LogP contribution in [0.1, 0.15) is 34.2 Å². The number of nitrogens with zero attached hydrogens (tertiary/aromatic N) is 3. The molecule has 4 nitrogen and oxygen atoms in total. The Hall–Kier alpha value is -2.59. The summed E-state index contributed by atoms with van der Waals surface area (Å²) in [5.74, 6) is 0.0281. The molecule has 0 fully saturated rings. The number of fused-ring (bicyclic) bond motifs is 1. The van der Waals surface area contributed by atoms with Crippen molar-refractivity contribution in [2.75, 3.05) is 4.90 Å². The second kappa shape index (κ2) is 6.29. The van der Waals surface area contributed by atoms with Gasteiger partial charge in [0.25, 0.3) is 5.91 Å². The van der Waals surface area contributed by atoms with Crippen molar-refractivity contribution < 1.29 is 4.79 Å². The van der Waals surface area contributed by atoms with Crippen molar-refractivity contribution in [1.29, 1.82) is 0 Å². The van der Waals surface area contributed by atoms with Gasteiger partial charge < -0.3 is 4.90 Å². The van der Waals surface area contributed by atoms with Crippen molar-refractivity contribution in [3.8, 4) is 5.69 Å². The summed E-state index contributed by atoms with van der Waals surface area (Å²) in [6.45, 7) is 5.91. The monoisotopic (exact) mass is 365 g/mol. The first-order valence-electron chi connectivity index (χ1n) is 8.71. The highest BCUT2D eigenvalue weighted by Gasteiger charge is 2.31. The fourth-order valence-corrected chi connectivity index (χ4v) is 3.75. The molecule has 26 heavy (non-hydrogen) atoms. The second-order valence-electron chi connectivity index (χ2n) is 6.80. The Balaban J connectivity index is 1.65. The molecule has 1 aliphatic heterocycles. The summed E-state index contributed by atoms with van der Waals surface area (Å²) in [4.78, 5) is 15.0. The van der Waals surface area contributed by atoms with E-state index in [0.717, 1.165) is 29.2 Å². The first-order valence-corrected chi connectivity index (χ1v) is 9.09. The number of amides is 1. The molecule has 3 aromatic rings. The highest BCUT2D eigenvalue weighted by molar-refractivity contribution is 6.31. The van der Waals surface area contributed by atoms with Crippen LogP contribution in [0, 0.1) is 13.8 Å². The number of benzene rings is 2. The van der Waals surface area contributed by atoms with E-state index < -0.39 is 0 Å². The lowest BCUT2D eigenvalue weighted by molar-refractivity contribution is 0.0981. The summed E-state index contributed by atoms with van der Waals surface area (Å²) in [6.07, 6.45) is 0.893. The van der Waals surface area contributed by atoms with Gasteiger partial charge in [-0.3, -0.25) is 4.79 Å². The Morgan fingerprint density at radius 3 is 2.46 bits per heavy atom. The molecule has 1 amide bonds. The van der Waals surface area contributed by atoms with Crippen LogP contribution in [0.15, 0.2) is 48.5 Å². The quantitative estimate of drug-likeness (QED) is 0.658. The van der Waals surface area contributed by atoms with Crippen molar-refractivity contribution in [3.05, 3.63) is 76.1 Å². The fourth-order valence-electron chi connectivity index (χ4n) is 3.63. The zero-order valence-corrected chi connectivity index (χ0v) is 15.8. The van der Waals surface area contributed by atoms with Crippen LogP contribution in [0.2, 0.25) is 5.02 Å². The molecule has 0 radical (unpaired) electrons. The van der Waals surface area contributed by atoms with Gasteiger partial charge in [0, 0.05) is 17.3 Å². The van der Waals surface area contributed by atoms with Gasteiger partial charge >= 0.3 is 0 Å². The average Bonchev–Trinajstić information content (AvgIpc) is 3.12. The number of para-hydroxylation sites is 1. The van der Waals surface area contributed by atoms with E-state index in [9.17, 15) is 4.79 Å². The Bertz CT molecular complexity index is 991. The van der Waals surface area contributed by atoms with E-state index in [1.807, 2.05) is 61.2 Å². The lowest BCUT2D eigenvalue weighted by Gasteiger charge is -2.23. The predicted octanol–water partition coefficient (Wildman–Crippen LogP) is 4.73. The average molecular weight is 366 g/mol. The largest absolute Gasteiger partial charge is 0.305 e. The smallest absolute Gasteiger partial charge is 0.258 e. The van der Waals surface area contributed by atoms with Crippen LogP contribution in [0.3, 0.4) is 0 Å². The van der Waals surface area contributed by atoms with Crippen LogP contribution in [0.5, 0.6) is 0 Å². The molecule has 0 N–H and O–H groups in total. The maximum atomic E-state index is 13.1. The lowest BCUT2D eigenvalue weighted by Crippen LogP contribution is -2.35. The molecule has 0 saturated heterocycles. The highest BCUT2D eigenvalue weighted by atomic mass is 35.5. The zero-order valence-electron chi connectivity index (χ0n) is 15.0. The van der Waals surface area contributed by atoms with Gasteiger partial charge in [-0.05, 0) is 63.1 Å². The molecule has 132 valence electrons. The number of aromatic nitrogens is 2. The van der Waals surface area contributed by atoms with Gasteiger partial charge in [-0.1, -0.05) is 29.8 Å². The van der Waals surface area contributed by atoms with Gasteiger partial charge in [0.15, 0.2) is 0 Å². The zero-order chi connectivity index (χ0) is 18.4. The van der Waals surface area contributed by atoms with Gasteiger partial charge in [0.2, 0.25) is 0 Å². The van der Waals surface area contributed by atoms with E-state index in [4.69, 9.17) is 11.6 Å². The molecule has 0 aliphatic carbocycles. The number of carbonyl (C=O) groups excluding carboxylic acids is 1. The minimum atomic E-state index is 0.0281. The van der Waals surface area contributed by atoms with E-state index in [-0.39, 0.29) is 11.9 Å². The van der Waals surface area contributed by atoms with Gasteiger partial charge in [-0.25, -0.2) is 4.68 Å². The molecular formula is C21H20ClN3O. The molecule has 4 rings (SSSR count). The van der Waals surface area contributed by atoms with Crippen LogP contribution in [-0.4, -0.2) is 21.7 Å². The van der Waals surface area contributed by atoms with E-state index in [1.54, 1.807) is 4.68 Å². The number of carbonyl (C=O) groups is 1. The van der Waals surface area contributed by atoms with Gasteiger partial charge in [-0.15, -0.1) is 0 Å². The minimum absolute atomic E-state index is 0.0281. The van der Waals surface area contributed by atoms with Crippen molar-refractivity contribution >= 4 is 23.2 Å².